The summed E-state index contributed by atoms with van der Waals surface area (Å²) >= 11 is 0.706. The average molecular weight is 339 g/mol. The molecule has 2 rings (SSSR count). The number of halogens is 6. The molecule has 1 N–H and O–H groups in total. The molecule has 0 amide bonds. The number of phenols is 1. The first kappa shape index (κ1) is 16.5. The number of benzene rings is 1. The summed E-state index contributed by atoms with van der Waals surface area (Å²) in [5, 5.41) is 9.11. The number of hydrogen-bond acceptors (Lipinski definition) is 3. The molecule has 1 aromatic heterocycles. The maximum Gasteiger partial charge on any atom is 0.433 e. The monoisotopic (exact) mass is 339 g/mol. The SMILES string of the molecule is Oc1ccc(Sc2cc(C(F)(F)F)nc(C(F)(F)F)c2)cc1. The fourth-order valence-corrected chi connectivity index (χ4v) is 2.39. The van der Waals surface area contributed by atoms with Crippen LogP contribution in [-0.4, -0.2) is 10.1 Å². The van der Waals surface area contributed by atoms with Crippen molar-refractivity contribution >= 4 is 11.8 Å². The Bertz CT molecular complexity index is 633. The second-order valence-electron chi connectivity index (χ2n) is 4.16. The van der Waals surface area contributed by atoms with E-state index in [0.29, 0.717) is 28.8 Å². The van der Waals surface area contributed by atoms with Crippen molar-refractivity contribution in [1.29, 1.82) is 0 Å². The van der Waals surface area contributed by atoms with Gasteiger partial charge in [0.1, 0.15) is 17.1 Å². The van der Waals surface area contributed by atoms with Crippen molar-refractivity contribution in [2.75, 3.05) is 0 Å². The molecular formula is C13H7F6NOS. The Morgan fingerprint density at radius 2 is 1.23 bits per heavy atom. The number of phenolic OH excluding ortho intramolecular Hbond substituents is 1. The molecule has 2 aromatic rings. The molecule has 0 atom stereocenters. The maximum atomic E-state index is 12.7. The van der Waals surface area contributed by atoms with Crippen LogP contribution in [0, 0.1) is 0 Å². The second kappa shape index (κ2) is 5.71. The van der Waals surface area contributed by atoms with Crippen LogP contribution in [0.15, 0.2) is 46.2 Å². The number of nitrogens with zero attached hydrogens (tertiary/aromatic N) is 1. The normalized spacial score (nSPS) is 12.5. The fourth-order valence-electron chi connectivity index (χ4n) is 1.51. The predicted molar refractivity (Wildman–Crippen MR) is 66.5 cm³/mol. The van der Waals surface area contributed by atoms with Gasteiger partial charge in [0.05, 0.1) is 0 Å². The van der Waals surface area contributed by atoms with E-state index in [9.17, 15) is 26.3 Å². The van der Waals surface area contributed by atoms with Gasteiger partial charge >= 0.3 is 12.4 Å². The Kier molecular flexibility index (Phi) is 4.28. The van der Waals surface area contributed by atoms with Crippen molar-refractivity contribution in [3.05, 3.63) is 47.8 Å². The highest BCUT2D eigenvalue weighted by Crippen LogP contribution is 2.38. The van der Waals surface area contributed by atoms with Crippen molar-refractivity contribution in [3.63, 3.8) is 0 Å². The molecule has 1 heterocycles. The van der Waals surface area contributed by atoms with E-state index >= 15 is 0 Å². The van der Waals surface area contributed by atoms with Crippen LogP contribution in [0.4, 0.5) is 26.3 Å². The van der Waals surface area contributed by atoms with Gasteiger partial charge < -0.3 is 5.11 Å². The minimum atomic E-state index is -4.98. The molecule has 0 unspecified atom stereocenters. The highest BCUT2D eigenvalue weighted by molar-refractivity contribution is 7.99. The van der Waals surface area contributed by atoms with Gasteiger partial charge in [-0.2, -0.15) is 26.3 Å². The Labute approximate surface area is 124 Å². The van der Waals surface area contributed by atoms with E-state index in [1.807, 2.05) is 0 Å². The second-order valence-corrected chi connectivity index (χ2v) is 5.31. The van der Waals surface area contributed by atoms with Crippen LogP contribution in [0.2, 0.25) is 0 Å². The number of pyridine rings is 1. The molecule has 0 bridgehead atoms. The average Bonchev–Trinajstić information content (AvgIpc) is 2.39. The number of aromatic nitrogens is 1. The molecule has 0 spiro atoms. The molecular weight excluding hydrogens is 332 g/mol. The minimum absolute atomic E-state index is 0.0639. The molecule has 0 fully saturated rings. The molecule has 0 aliphatic rings. The highest BCUT2D eigenvalue weighted by Gasteiger charge is 2.38. The first-order valence-electron chi connectivity index (χ1n) is 5.69. The molecule has 0 aliphatic heterocycles. The molecule has 1 aromatic carbocycles. The summed E-state index contributed by atoms with van der Waals surface area (Å²) in [6.07, 6.45) is -9.96. The number of rotatable bonds is 2. The first-order chi connectivity index (χ1) is 10.1. The molecule has 0 saturated heterocycles. The van der Waals surface area contributed by atoms with Gasteiger partial charge in [-0.3, -0.25) is 0 Å². The van der Waals surface area contributed by atoms with Gasteiger partial charge in [-0.15, -0.1) is 0 Å². The van der Waals surface area contributed by atoms with E-state index in [0.717, 1.165) is 0 Å². The molecule has 22 heavy (non-hydrogen) atoms. The smallest absolute Gasteiger partial charge is 0.433 e. The topological polar surface area (TPSA) is 33.1 Å². The number of alkyl halides is 6. The third-order valence-corrected chi connectivity index (χ3v) is 3.43. The van der Waals surface area contributed by atoms with Crippen LogP contribution >= 0.6 is 11.8 Å². The summed E-state index contributed by atoms with van der Waals surface area (Å²) in [7, 11) is 0. The summed E-state index contributed by atoms with van der Waals surface area (Å²) in [4.78, 5) is 2.76. The summed E-state index contributed by atoms with van der Waals surface area (Å²) in [5.74, 6) is -0.0639. The Hall–Kier alpha value is -1.90. The van der Waals surface area contributed by atoms with Gasteiger partial charge in [0.25, 0.3) is 0 Å². The van der Waals surface area contributed by atoms with Crippen molar-refractivity contribution in [2.24, 2.45) is 0 Å². The van der Waals surface area contributed by atoms with Gasteiger partial charge in [-0.05, 0) is 36.4 Å². The van der Waals surface area contributed by atoms with Crippen LogP contribution in [0.1, 0.15) is 11.4 Å². The Morgan fingerprint density at radius 1 is 0.773 bits per heavy atom. The molecule has 0 aliphatic carbocycles. The van der Waals surface area contributed by atoms with Gasteiger partial charge in [0.15, 0.2) is 0 Å². The van der Waals surface area contributed by atoms with Gasteiger partial charge in [0.2, 0.25) is 0 Å². The van der Waals surface area contributed by atoms with Gasteiger partial charge in [-0.25, -0.2) is 4.98 Å². The van der Waals surface area contributed by atoms with Crippen LogP contribution in [0.25, 0.3) is 0 Å². The summed E-state index contributed by atoms with van der Waals surface area (Å²) in [6.45, 7) is 0. The van der Waals surface area contributed by atoms with Crippen molar-refractivity contribution < 1.29 is 31.4 Å². The first-order valence-corrected chi connectivity index (χ1v) is 6.51. The van der Waals surface area contributed by atoms with E-state index in [4.69, 9.17) is 5.11 Å². The summed E-state index contributed by atoms with van der Waals surface area (Å²) in [6, 6.07) is 6.40. The maximum absolute atomic E-state index is 12.7. The lowest BCUT2D eigenvalue weighted by Crippen LogP contribution is -2.15. The fraction of sp³-hybridized carbons (Fsp3) is 0.154. The Balaban J connectivity index is 2.44. The lowest BCUT2D eigenvalue weighted by Gasteiger charge is -2.12. The molecule has 2 nitrogen and oxygen atoms in total. The third kappa shape index (κ3) is 4.06. The van der Waals surface area contributed by atoms with E-state index in [2.05, 4.69) is 4.98 Å². The molecule has 0 radical (unpaired) electrons. The third-order valence-electron chi connectivity index (χ3n) is 2.45. The number of hydrogen-bond donors (Lipinski definition) is 1. The summed E-state index contributed by atoms with van der Waals surface area (Å²) < 4.78 is 75.9. The zero-order valence-corrected chi connectivity index (χ0v) is 11.4. The van der Waals surface area contributed by atoms with Crippen LogP contribution < -0.4 is 0 Å². The van der Waals surface area contributed by atoms with Crippen LogP contribution in [0.3, 0.4) is 0 Å². The van der Waals surface area contributed by atoms with E-state index in [1.165, 1.54) is 24.3 Å². The zero-order valence-electron chi connectivity index (χ0n) is 10.5. The van der Waals surface area contributed by atoms with Crippen molar-refractivity contribution in [2.45, 2.75) is 22.1 Å². The zero-order chi connectivity index (χ0) is 16.5. The van der Waals surface area contributed by atoms with Crippen LogP contribution in [-0.2, 0) is 12.4 Å². The van der Waals surface area contributed by atoms with Crippen LogP contribution in [0.5, 0.6) is 5.75 Å². The quantitative estimate of drug-likeness (QED) is 0.784. The van der Waals surface area contributed by atoms with Crippen molar-refractivity contribution in [3.8, 4) is 5.75 Å². The number of aromatic hydroxyl groups is 1. The van der Waals surface area contributed by atoms with E-state index in [-0.39, 0.29) is 10.6 Å². The largest absolute Gasteiger partial charge is 0.508 e. The van der Waals surface area contributed by atoms with Gasteiger partial charge in [0, 0.05) is 9.79 Å². The lowest BCUT2D eigenvalue weighted by atomic mass is 10.3. The summed E-state index contributed by atoms with van der Waals surface area (Å²) in [5.41, 5.74) is -3.22. The lowest BCUT2D eigenvalue weighted by molar-refractivity contribution is -0.150. The minimum Gasteiger partial charge on any atom is -0.508 e. The van der Waals surface area contributed by atoms with Crippen molar-refractivity contribution in [1.82, 2.24) is 4.98 Å². The molecule has 118 valence electrons. The van der Waals surface area contributed by atoms with E-state index in [1.54, 1.807) is 0 Å². The standard InChI is InChI=1S/C13H7F6NOS/c14-12(15,16)10-5-9(6-11(20-10)13(17,18)19)22-8-3-1-7(21)2-4-8/h1-6,21H. The van der Waals surface area contributed by atoms with E-state index < -0.39 is 23.7 Å². The molecule has 0 saturated carbocycles. The highest BCUT2D eigenvalue weighted by atomic mass is 32.2. The molecule has 9 heteroatoms. The van der Waals surface area contributed by atoms with Gasteiger partial charge in [-0.1, -0.05) is 11.8 Å². The predicted octanol–water partition coefficient (Wildman–Crippen LogP) is 4.98. The Morgan fingerprint density at radius 3 is 1.64 bits per heavy atom.